The number of aliphatic hydroxyl groups is 1. The van der Waals surface area contributed by atoms with Gasteiger partial charge in [0.25, 0.3) is 0 Å². The molecule has 0 saturated carbocycles. The molecular formula is C30H48BrN3O4S. The van der Waals surface area contributed by atoms with E-state index in [1.54, 1.807) is 40.8 Å². The normalized spacial score (nSPS) is 29.9. The molecule has 3 rings (SSSR count). The van der Waals surface area contributed by atoms with Crippen LogP contribution in [0.1, 0.15) is 66.7 Å². The van der Waals surface area contributed by atoms with Gasteiger partial charge in [0.15, 0.2) is 0 Å². The Bertz CT molecular complexity index is 966. The number of likely N-dealkylation sites (tertiary alicyclic amines) is 1. The average Bonchev–Trinajstić information content (AvgIpc) is 3.41. The smallest absolute Gasteiger partial charge is 0.247 e. The Morgan fingerprint density at radius 2 is 1.77 bits per heavy atom. The number of carbonyl (C=O) groups is 3. The zero-order chi connectivity index (χ0) is 29.3. The number of hydrogen-bond acceptors (Lipinski definition) is 5. The predicted molar refractivity (Wildman–Crippen MR) is 163 cm³/mol. The third kappa shape index (κ3) is 6.15. The van der Waals surface area contributed by atoms with Crippen LogP contribution in [0.25, 0.3) is 0 Å². The number of carbonyl (C=O) groups excluding carboxylic acids is 3. The summed E-state index contributed by atoms with van der Waals surface area (Å²) in [7, 11) is 1.76. The first-order valence-electron chi connectivity index (χ1n) is 14.2. The monoisotopic (exact) mass is 625 g/mol. The third-order valence-electron chi connectivity index (χ3n) is 8.42. The van der Waals surface area contributed by atoms with E-state index in [-0.39, 0.29) is 39.8 Å². The van der Waals surface area contributed by atoms with Gasteiger partial charge in [0.2, 0.25) is 17.7 Å². The number of hydrogen-bond donors (Lipinski definition) is 1. The SMILES string of the molecule is C=CCN(C)C(=O)[C@H]1[C@H]2C(=O)N(CCCCCO)C(C(=O)N(CC=C)C(C)(C)CC(C)(C)C)C23CC(Br)[C@@H]1S3. The van der Waals surface area contributed by atoms with Crippen LogP contribution in [0.2, 0.25) is 0 Å². The van der Waals surface area contributed by atoms with Gasteiger partial charge in [-0.1, -0.05) is 48.9 Å². The van der Waals surface area contributed by atoms with Crippen molar-refractivity contribution in [1.82, 2.24) is 14.7 Å². The number of alkyl halides is 1. The van der Waals surface area contributed by atoms with Gasteiger partial charge in [0, 0.05) is 48.9 Å². The highest BCUT2D eigenvalue weighted by Gasteiger charge is 2.76. The fourth-order valence-corrected chi connectivity index (χ4v) is 10.9. The van der Waals surface area contributed by atoms with Crippen molar-refractivity contribution in [3.8, 4) is 0 Å². The van der Waals surface area contributed by atoms with Gasteiger partial charge in [0.05, 0.1) is 16.6 Å². The van der Waals surface area contributed by atoms with Crippen molar-refractivity contribution < 1.29 is 19.5 Å². The summed E-state index contributed by atoms with van der Waals surface area (Å²) in [5, 5.41) is 9.22. The first-order valence-corrected chi connectivity index (χ1v) is 16.0. The van der Waals surface area contributed by atoms with Crippen LogP contribution in [0.15, 0.2) is 25.3 Å². The zero-order valence-corrected chi connectivity index (χ0v) is 27.0. The predicted octanol–water partition coefficient (Wildman–Crippen LogP) is 4.49. The lowest BCUT2D eigenvalue weighted by molar-refractivity contribution is -0.147. The molecule has 0 aromatic rings. The van der Waals surface area contributed by atoms with E-state index in [1.165, 1.54) is 0 Å². The lowest BCUT2D eigenvalue weighted by Gasteiger charge is -2.46. The summed E-state index contributed by atoms with van der Waals surface area (Å²) >= 11 is 5.53. The molecular weight excluding hydrogens is 578 g/mol. The highest BCUT2D eigenvalue weighted by Crippen LogP contribution is 2.68. The van der Waals surface area contributed by atoms with Crippen molar-refractivity contribution in [2.24, 2.45) is 17.3 Å². The number of amides is 3. The van der Waals surface area contributed by atoms with Gasteiger partial charge >= 0.3 is 0 Å². The molecule has 9 heteroatoms. The van der Waals surface area contributed by atoms with Crippen molar-refractivity contribution in [2.45, 2.75) is 93.1 Å². The second-order valence-corrected chi connectivity index (χ2v) is 16.0. The summed E-state index contributed by atoms with van der Waals surface area (Å²) in [6.07, 6.45) is 7.04. The maximum absolute atomic E-state index is 14.8. The molecule has 0 aromatic carbocycles. The largest absolute Gasteiger partial charge is 0.396 e. The molecule has 0 aromatic heterocycles. The third-order valence-corrected chi connectivity index (χ3v) is 11.6. The maximum atomic E-state index is 14.8. The molecule has 3 fully saturated rings. The van der Waals surface area contributed by atoms with Gasteiger partial charge in [-0.05, 0) is 51.4 Å². The van der Waals surface area contributed by atoms with E-state index >= 15 is 0 Å². The maximum Gasteiger partial charge on any atom is 0.247 e. The quantitative estimate of drug-likeness (QED) is 0.185. The number of halogens is 1. The van der Waals surface area contributed by atoms with Crippen molar-refractivity contribution >= 4 is 45.4 Å². The molecule has 7 nitrogen and oxygen atoms in total. The summed E-state index contributed by atoms with van der Waals surface area (Å²) in [4.78, 5) is 48.2. The summed E-state index contributed by atoms with van der Waals surface area (Å²) in [6, 6.07) is -0.652. The van der Waals surface area contributed by atoms with Gasteiger partial charge in [-0.15, -0.1) is 24.9 Å². The highest BCUT2D eigenvalue weighted by molar-refractivity contribution is 9.09. The van der Waals surface area contributed by atoms with E-state index in [0.29, 0.717) is 38.9 Å². The first-order chi connectivity index (χ1) is 18.2. The van der Waals surface area contributed by atoms with Crippen molar-refractivity contribution in [1.29, 1.82) is 0 Å². The number of likely N-dealkylation sites (N-methyl/N-ethyl adjacent to an activating group) is 1. The first kappa shape index (κ1) is 32.2. The number of aliphatic hydroxyl groups excluding tert-OH is 1. The van der Waals surface area contributed by atoms with Crippen LogP contribution in [0.5, 0.6) is 0 Å². The minimum atomic E-state index is -0.670. The Morgan fingerprint density at radius 1 is 1.13 bits per heavy atom. The van der Waals surface area contributed by atoms with Gasteiger partial charge in [-0.3, -0.25) is 14.4 Å². The Kier molecular flexibility index (Phi) is 10.1. The summed E-state index contributed by atoms with van der Waals surface area (Å²) < 4.78 is -0.670. The molecule has 3 aliphatic heterocycles. The second kappa shape index (κ2) is 12.3. The molecule has 3 heterocycles. The summed E-state index contributed by atoms with van der Waals surface area (Å²) in [5.41, 5.74) is -0.466. The van der Waals surface area contributed by atoms with Gasteiger partial charge in [-0.2, -0.15) is 0 Å². The average molecular weight is 627 g/mol. The number of fused-ring (bicyclic) bond motifs is 1. The number of thioether (sulfide) groups is 1. The molecule has 1 N–H and O–H groups in total. The zero-order valence-electron chi connectivity index (χ0n) is 24.6. The number of rotatable bonds is 13. The minimum absolute atomic E-state index is 0.00569. The molecule has 1 spiro atoms. The Hall–Kier alpha value is -1.32. The fraction of sp³-hybridized carbons (Fsp3) is 0.767. The fourth-order valence-electron chi connectivity index (χ4n) is 7.35. The van der Waals surface area contributed by atoms with E-state index in [4.69, 9.17) is 0 Å². The van der Waals surface area contributed by atoms with Crippen molar-refractivity contribution in [2.75, 3.05) is 33.3 Å². The molecule has 3 saturated heterocycles. The molecule has 220 valence electrons. The van der Waals surface area contributed by atoms with Gasteiger partial charge in [0.1, 0.15) is 6.04 Å². The molecule has 2 bridgehead atoms. The van der Waals surface area contributed by atoms with E-state index < -0.39 is 28.2 Å². The Balaban J connectivity index is 2.08. The Morgan fingerprint density at radius 3 is 2.33 bits per heavy atom. The standard InChI is InChI=1S/C30H48BrN3O4S/c1-9-14-32(8)25(36)21-22-26(37)33(16-12-11-13-17-35)24(30(22)18-20(31)23(21)39-30)27(38)34(15-10-2)29(6,7)19-28(3,4)5/h9-10,20-24,35H,1-2,11-19H2,3-8H3/t20?,21-,22-,23-,24?,30?/m0/s1. The number of unbranched alkanes of at least 4 members (excludes halogenated alkanes) is 2. The van der Waals surface area contributed by atoms with Crippen LogP contribution < -0.4 is 0 Å². The molecule has 0 aliphatic carbocycles. The van der Waals surface area contributed by atoms with Gasteiger partial charge in [-0.25, -0.2) is 0 Å². The van der Waals surface area contributed by atoms with Gasteiger partial charge < -0.3 is 19.8 Å². The molecule has 3 aliphatic rings. The topological polar surface area (TPSA) is 81.2 Å². The van der Waals surface area contributed by atoms with E-state index in [1.807, 2.05) is 4.90 Å². The van der Waals surface area contributed by atoms with E-state index in [2.05, 4.69) is 63.7 Å². The molecule has 39 heavy (non-hydrogen) atoms. The highest BCUT2D eigenvalue weighted by atomic mass is 79.9. The van der Waals surface area contributed by atoms with Crippen LogP contribution in [0, 0.1) is 17.3 Å². The molecule has 0 radical (unpaired) electrons. The van der Waals surface area contributed by atoms with Crippen LogP contribution in [0.3, 0.4) is 0 Å². The van der Waals surface area contributed by atoms with Crippen molar-refractivity contribution in [3.63, 3.8) is 0 Å². The summed E-state index contributed by atoms with van der Waals surface area (Å²) in [5.74, 6) is -1.21. The second-order valence-electron chi connectivity index (χ2n) is 13.3. The van der Waals surface area contributed by atoms with Crippen molar-refractivity contribution in [3.05, 3.63) is 25.3 Å². The molecule has 3 unspecified atom stereocenters. The van der Waals surface area contributed by atoms with Crippen LogP contribution in [0.4, 0.5) is 0 Å². The lowest BCUT2D eigenvalue weighted by Crippen LogP contribution is -2.60. The van der Waals surface area contributed by atoms with E-state index in [9.17, 15) is 19.5 Å². The lowest BCUT2D eigenvalue weighted by atomic mass is 9.70. The van der Waals surface area contributed by atoms with Crippen LogP contribution in [-0.2, 0) is 14.4 Å². The van der Waals surface area contributed by atoms with Crippen LogP contribution in [-0.4, -0.2) is 97.2 Å². The van der Waals surface area contributed by atoms with Crippen LogP contribution >= 0.6 is 27.7 Å². The minimum Gasteiger partial charge on any atom is -0.396 e. The van der Waals surface area contributed by atoms with E-state index in [0.717, 1.165) is 12.8 Å². The number of nitrogens with zero attached hydrogens (tertiary/aromatic N) is 3. The molecule has 6 atom stereocenters. The Labute approximate surface area is 247 Å². The molecule has 3 amide bonds. The summed E-state index contributed by atoms with van der Waals surface area (Å²) in [6.45, 7) is 19.8.